The second-order valence-corrected chi connectivity index (χ2v) is 8.71. The lowest BCUT2D eigenvalue weighted by molar-refractivity contribution is -0.159. The third-order valence-corrected chi connectivity index (χ3v) is 6.25. The molecule has 31 heavy (non-hydrogen) atoms. The molecule has 0 amide bonds. The number of para-hydroxylation sites is 1. The second kappa shape index (κ2) is 8.51. The number of esters is 1. The number of hydrogen-bond donors (Lipinski definition) is 1. The van der Waals surface area contributed by atoms with E-state index in [0.717, 1.165) is 15.7 Å². The maximum Gasteiger partial charge on any atom is 0.317 e. The van der Waals surface area contributed by atoms with Crippen LogP contribution in [0.4, 0.5) is 5.69 Å². The van der Waals surface area contributed by atoms with Gasteiger partial charge in [-0.05, 0) is 50.3 Å². The molecule has 1 fully saturated rings. The Labute approximate surface area is 195 Å². The van der Waals surface area contributed by atoms with Gasteiger partial charge in [-0.3, -0.25) is 9.69 Å². The summed E-state index contributed by atoms with van der Waals surface area (Å²) in [6.07, 6.45) is 1.55. The number of hydrogen-bond acceptors (Lipinski definition) is 5. The van der Waals surface area contributed by atoms with E-state index in [4.69, 9.17) is 26.4 Å². The molecule has 2 aromatic carbocycles. The summed E-state index contributed by atoms with van der Waals surface area (Å²) in [5, 5.41) is 3.82. The number of carbonyl (C=O) groups is 1. The van der Waals surface area contributed by atoms with Crippen molar-refractivity contribution in [3.05, 3.63) is 65.2 Å². The SMILES string of the molecule is C=CCOC(=O)[C@H]1[C@H]2NC(=S)N(c3cccc(Br)c3)[C@@]1(C)Oc1c(OCC)cccc12. The predicted molar refractivity (Wildman–Crippen MR) is 126 cm³/mol. The molecule has 1 saturated heterocycles. The quantitative estimate of drug-likeness (QED) is 0.347. The van der Waals surface area contributed by atoms with Crippen molar-refractivity contribution in [2.24, 2.45) is 5.92 Å². The smallest absolute Gasteiger partial charge is 0.317 e. The fraction of sp³-hybridized carbons (Fsp3) is 0.304. The molecule has 0 radical (unpaired) electrons. The number of halogens is 1. The van der Waals surface area contributed by atoms with Gasteiger partial charge in [0.05, 0.1) is 12.6 Å². The number of benzene rings is 2. The largest absolute Gasteiger partial charge is 0.490 e. The summed E-state index contributed by atoms with van der Waals surface area (Å²) in [7, 11) is 0. The van der Waals surface area contributed by atoms with Crippen molar-refractivity contribution < 1.29 is 19.0 Å². The van der Waals surface area contributed by atoms with Crippen LogP contribution in [0.15, 0.2) is 59.6 Å². The lowest BCUT2D eigenvalue weighted by atomic mass is 9.79. The number of fused-ring (bicyclic) bond motifs is 4. The number of anilines is 1. The first-order valence-corrected chi connectivity index (χ1v) is 11.2. The van der Waals surface area contributed by atoms with Crippen molar-refractivity contribution in [1.29, 1.82) is 0 Å². The van der Waals surface area contributed by atoms with Gasteiger partial charge in [0.15, 0.2) is 16.6 Å². The van der Waals surface area contributed by atoms with E-state index in [-0.39, 0.29) is 6.61 Å². The summed E-state index contributed by atoms with van der Waals surface area (Å²) in [5.74, 6) is 0.134. The van der Waals surface area contributed by atoms with Gasteiger partial charge in [0, 0.05) is 15.7 Å². The molecule has 2 aliphatic rings. The third-order valence-electron chi connectivity index (χ3n) is 5.45. The number of thiocarbonyl (C=S) groups is 1. The van der Waals surface area contributed by atoms with Crippen LogP contribution in [0.25, 0.3) is 0 Å². The van der Waals surface area contributed by atoms with Gasteiger partial charge in [-0.25, -0.2) is 0 Å². The summed E-state index contributed by atoms with van der Waals surface area (Å²) >= 11 is 9.26. The van der Waals surface area contributed by atoms with Crippen LogP contribution in [0.3, 0.4) is 0 Å². The summed E-state index contributed by atoms with van der Waals surface area (Å²) < 4.78 is 18.8. The average molecular weight is 503 g/mol. The zero-order valence-corrected chi connectivity index (χ0v) is 19.7. The Balaban J connectivity index is 1.89. The highest BCUT2D eigenvalue weighted by Crippen LogP contribution is 2.52. The van der Waals surface area contributed by atoms with Crippen LogP contribution in [0.1, 0.15) is 25.5 Å². The minimum Gasteiger partial charge on any atom is -0.490 e. The molecule has 2 aromatic rings. The molecule has 2 bridgehead atoms. The molecule has 8 heteroatoms. The Morgan fingerprint density at radius 1 is 1.39 bits per heavy atom. The van der Waals surface area contributed by atoms with E-state index in [0.29, 0.717) is 23.2 Å². The highest BCUT2D eigenvalue weighted by atomic mass is 79.9. The standard InChI is InChI=1S/C23H23BrN2O4S/c1-4-12-29-21(27)18-19-16-10-7-11-17(28-5-2)20(16)30-23(18,3)26(22(31)25-19)15-9-6-8-14(24)13-15/h4,6-11,13,18-19H,1,5,12H2,2-3H3,(H,25,31)/t18-,19+,23+/m1/s1. The Hall–Kier alpha value is -2.58. The first kappa shape index (κ1) is 21.6. The van der Waals surface area contributed by atoms with Gasteiger partial charge >= 0.3 is 5.97 Å². The topological polar surface area (TPSA) is 60.0 Å². The van der Waals surface area contributed by atoms with Crippen LogP contribution in [-0.2, 0) is 9.53 Å². The van der Waals surface area contributed by atoms with Gasteiger partial charge in [0.1, 0.15) is 12.5 Å². The number of ether oxygens (including phenoxy) is 3. The van der Waals surface area contributed by atoms with Gasteiger partial charge in [0.25, 0.3) is 0 Å². The summed E-state index contributed by atoms with van der Waals surface area (Å²) in [6.45, 7) is 8.03. The van der Waals surface area contributed by atoms with Crippen LogP contribution < -0.4 is 19.7 Å². The fourth-order valence-electron chi connectivity index (χ4n) is 4.23. The molecular weight excluding hydrogens is 480 g/mol. The van der Waals surface area contributed by atoms with E-state index in [1.165, 1.54) is 0 Å². The minimum absolute atomic E-state index is 0.116. The average Bonchev–Trinajstić information content (AvgIpc) is 2.72. The second-order valence-electron chi connectivity index (χ2n) is 7.40. The molecule has 0 aromatic heterocycles. The molecule has 2 heterocycles. The van der Waals surface area contributed by atoms with Gasteiger partial charge in [-0.2, -0.15) is 0 Å². The Morgan fingerprint density at radius 3 is 2.87 bits per heavy atom. The van der Waals surface area contributed by atoms with E-state index in [9.17, 15) is 4.79 Å². The van der Waals surface area contributed by atoms with Crippen LogP contribution in [0.5, 0.6) is 11.5 Å². The van der Waals surface area contributed by atoms with Crippen molar-refractivity contribution >= 4 is 44.9 Å². The molecule has 0 aliphatic carbocycles. The molecule has 1 N–H and O–H groups in total. The molecule has 3 atom stereocenters. The highest BCUT2D eigenvalue weighted by Gasteiger charge is 2.60. The predicted octanol–water partition coefficient (Wildman–Crippen LogP) is 4.74. The number of rotatable bonds is 6. The first-order valence-electron chi connectivity index (χ1n) is 9.99. The van der Waals surface area contributed by atoms with E-state index < -0.39 is 23.7 Å². The molecular formula is C23H23BrN2O4S. The molecule has 4 rings (SSSR count). The third kappa shape index (κ3) is 3.68. The zero-order chi connectivity index (χ0) is 22.2. The molecule has 6 nitrogen and oxygen atoms in total. The molecule has 0 spiro atoms. The van der Waals surface area contributed by atoms with Gasteiger partial charge in [-0.15, -0.1) is 0 Å². The van der Waals surface area contributed by atoms with Crippen LogP contribution in [0.2, 0.25) is 0 Å². The van der Waals surface area contributed by atoms with Crippen molar-refractivity contribution in [3.8, 4) is 11.5 Å². The number of nitrogens with one attached hydrogen (secondary N) is 1. The molecule has 162 valence electrons. The molecule has 0 unspecified atom stereocenters. The van der Waals surface area contributed by atoms with E-state index in [2.05, 4.69) is 27.8 Å². The lowest BCUT2D eigenvalue weighted by Gasteiger charge is -2.55. The highest BCUT2D eigenvalue weighted by molar-refractivity contribution is 9.10. The van der Waals surface area contributed by atoms with Crippen molar-refractivity contribution in [2.45, 2.75) is 25.6 Å². The van der Waals surface area contributed by atoms with Crippen molar-refractivity contribution in [1.82, 2.24) is 5.32 Å². The zero-order valence-electron chi connectivity index (χ0n) is 17.3. The summed E-state index contributed by atoms with van der Waals surface area (Å²) in [5.41, 5.74) is 0.443. The monoisotopic (exact) mass is 502 g/mol. The first-order chi connectivity index (χ1) is 14.9. The normalized spacial score (nSPS) is 23.8. The van der Waals surface area contributed by atoms with E-state index >= 15 is 0 Å². The van der Waals surface area contributed by atoms with Crippen LogP contribution >= 0.6 is 28.1 Å². The van der Waals surface area contributed by atoms with Crippen molar-refractivity contribution in [2.75, 3.05) is 18.1 Å². The van der Waals surface area contributed by atoms with Crippen LogP contribution in [0, 0.1) is 5.92 Å². The molecule has 2 aliphatic heterocycles. The summed E-state index contributed by atoms with van der Waals surface area (Å²) in [4.78, 5) is 15.1. The van der Waals surface area contributed by atoms with Gasteiger partial charge < -0.3 is 19.5 Å². The summed E-state index contributed by atoms with van der Waals surface area (Å²) in [6, 6.07) is 12.9. The Bertz CT molecular complexity index is 1050. The maximum absolute atomic E-state index is 13.2. The molecule has 0 saturated carbocycles. The minimum atomic E-state index is -1.15. The van der Waals surface area contributed by atoms with E-state index in [1.54, 1.807) is 6.08 Å². The number of nitrogens with zero attached hydrogens (tertiary/aromatic N) is 1. The van der Waals surface area contributed by atoms with Crippen molar-refractivity contribution in [3.63, 3.8) is 0 Å². The maximum atomic E-state index is 13.2. The Morgan fingerprint density at radius 2 is 2.16 bits per heavy atom. The number of carbonyl (C=O) groups excluding carboxylic acids is 1. The lowest BCUT2D eigenvalue weighted by Crippen LogP contribution is -2.71. The van der Waals surface area contributed by atoms with Gasteiger partial charge in [-0.1, -0.05) is 46.8 Å². The van der Waals surface area contributed by atoms with Gasteiger partial charge in [0.2, 0.25) is 5.72 Å². The van der Waals surface area contributed by atoms with E-state index in [1.807, 2.05) is 61.2 Å². The fourth-order valence-corrected chi connectivity index (χ4v) is 5.04. The van der Waals surface area contributed by atoms with Crippen LogP contribution in [-0.4, -0.2) is 30.0 Å². The Kier molecular flexibility index (Phi) is 5.94.